The fraction of sp³-hybridized carbons (Fsp3) is 0.579. The summed E-state index contributed by atoms with van der Waals surface area (Å²) in [4.78, 5) is 2.49. The van der Waals surface area contributed by atoms with Crippen LogP contribution in [-0.4, -0.2) is 44.3 Å². The molecule has 1 heterocycles. The maximum atomic E-state index is 5.64. The van der Waals surface area contributed by atoms with Crippen LogP contribution in [0.15, 0.2) is 30.4 Å². The molecule has 23 heavy (non-hydrogen) atoms. The lowest BCUT2D eigenvalue weighted by atomic mass is 10.0. The predicted molar refractivity (Wildman–Crippen MR) is 95.3 cm³/mol. The number of piperidine rings is 1. The number of methoxy groups -OCH3 is 1. The molecule has 1 fully saturated rings. The molecule has 0 bridgehead atoms. The van der Waals surface area contributed by atoms with E-state index < -0.39 is 0 Å². The number of hydrogen-bond acceptors (Lipinski definition) is 4. The third-order valence-corrected chi connectivity index (χ3v) is 4.20. The third-order valence-electron chi connectivity index (χ3n) is 4.20. The summed E-state index contributed by atoms with van der Waals surface area (Å²) < 4.78 is 11.0. The number of ether oxygens (including phenoxy) is 2. The molecule has 0 amide bonds. The quantitative estimate of drug-likeness (QED) is 0.746. The van der Waals surface area contributed by atoms with Gasteiger partial charge in [0.05, 0.1) is 13.7 Å². The highest BCUT2D eigenvalue weighted by Gasteiger charge is 2.18. The Bertz CT molecular complexity index is 508. The Hall–Kier alpha value is -1.52. The SMILES string of the molecule is C=C(C)CN1CCC(NCc2ccc(OC)c(OCC)c2)CC1. The summed E-state index contributed by atoms with van der Waals surface area (Å²) in [5.41, 5.74) is 2.48. The summed E-state index contributed by atoms with van der Waals surface area (Å²) in [6.45, 7) is 12.9. The first-order valence-corrected chi connectivity index (χ1v) is 8.52. The average molecular weight is 318 g/mol. The van der Waals surface area contributed by atoms with Crippen LogP contribution in [-0.2, 0) is 6.54 Å². The molecule has 1 aliphatic heterocycles. The highest BCUT2D eigenvalue weighted by Crippen LogP contribution is 2.28. The molecular formula is C19H30N2O2. The first-order chi connectivity index (χ1) is 11.1. The van der Waals surface area contributed by atoms with E-state index in [1.54, 1.807) is 7.11 Å². The van der Waals surface area contributed by atoms with Crippen molar-refractivity contribution in [2.75, 3.05) is 33.4 Å². The minimum absolute atomic E-state index is 0.592. The molecule has 0 unspecified atom stereocenters. The fourth-order valence-corrected chi connectivity index (χ4v) is 3.04. The molecule has 128 valence electrons. The fourth-order valence-electron chi connectivity index (χ4n) is 3.04. The molecule has 1 saturated heterocycles. The maximum absolute atomic E-state index is 5.64. The molecule has 0 radical (unpaired) electrons. The lowest BCUT2D eigenvalue weighted by Gasteiger charge is -2.32. The van der Waals surface area contributed by atoms with Crippen molar-refractivity contribution in [2.24, 2.45) is 0 Å². The number of rotatable bonds is 8. The van der Waals surface area contributed by atoms with Gasteiger partial charge in [0.2, 0.25) is 0 Å². The maximum Gasteiger partial charge on any atom is 0.161 e. The van der Waals surface area contributed by atoms with Crippen molar-refractivity contribution >= 4 is 0 Å². The molecule has 0 spiro atoms. The molecule has 1 aliphatic rings. The van der Waals surface area contributed by atoms with E-state index in [1.165, 1.54) is 24.0 Å². The van der Waals surface area contributed by atoms with Gasteiger partial charge < -0.3 is 14.8 Å². The van der Waals surface area contributed by atoms with E-state index in [2.05, 4.69) is 35.9 Å². The van der Waals surface area contributed by atoms with Gasteiger partial charge in [0.25, 0.3) is 0 Å². The zero-order valence-corrected chi connectivity index (χ0v) is 14.7. The Balaban J connectivity index is 1.82. The van der Waals surface area contributed by atoms with Crippen LogP contribution < -0.4 is 14.8 Å². The van der Waals surface area contributed by atoms with Gasteiger partial charge in [0, 0.05) is 19.1 Å². The van der Waals surface area contributed by atoms with E-state index in [0.717, 1.165) is 37.7 Å². The number of hydrogen-bond donors (Lipinski definition) is 1. The van der Waals surface area contributed by atoms with E-state index >= 15 is 0 Å². The standard InChI is InChI=1S/C19H30N2O2/c1-5-23-19-12-16(6-7-18(19)22-4)13-20-17-8-10-21(11-9-17)14-15(2)3/h6-7,12,17,20H,2,5,8-11,13-14H2,1,3-4H3. The van der Waals surface area contributed by atoms with Gasteiger partial charge in [-0.05, 0) is 57.5 Å². The van der Waals surface area contributed by atoms with Gasteiger partial charge in [-0.2, -0.15) is 0 Å². The van der Waals surface area contributed by atoms with Crippen molar-refractivity contribution in [3.05, 3.63) is 35.9 Å². The summed E-state index contributed by atoms with van der Waals surface area (Å²) in [7, 11) is 1.68. The van der Waals surface area contributed by atoms with Crippen LogP contribution in [0.4, 0.5) is 0 Å². The highest BCUT2D eigenvalue weighted by atomic mass is 16.5. The first kappa shape index (κ1) is 17.8. The van der Waals surface area contributed by atoms with E-state index in [4.69, 9.17) is 9.47 Å². The Morgan fingerprint density at radius 1 is 1.30 bits per heavy atom. The molecule has 4 heteroatoms. The van der Waals surface area contributed by atoms with Crippen LogP contribution >= 0.6 is 0 Å². The zero-order valence-electron chi connectivity index (χ0n) is 14.7. The van der Waals surface area contributed by atoms with Crippen LogP contribution in [0.1, 0.15) is 32.3 Å². The Morgan fingerprint density at radius 2 is 2.04 bits per heavy atom. The van der Waals surface area contributed by atoms with E-state index in [-0.39, 0.29) is 0 Å². The summed E-state index contributed by atoms with van der Waals surface area (Å²) in [6.07, 6.45) is 2.39. The van der Waals surface area contributed by atoms with Crippen molar-refractivity contribution < 1.29 is 9.47 Å². The van der Waals surface area contributed by atoms with Crippen molar-refractivity contribution in [3.8, 4) is 11.5 Å². The normalized spacial score (nSPS) is 16.3. The minimum Gasteiger partial charge on any atom is -0.493 e. The molecule has 1 aromatic rings. The van der Waals surface area contributed by atoms with Gasteiger partial charge in [-0.3, -0.25) is 4.90 Å². The Morgan fingerprint density at radius 3 is 2.65 bits per heavy atom. The minimum atomic E-state index is 0.592. The summed E-state index contributed by atoms with van der Waals surface area (Å²) >= 11 is 0. The molecule has 0 aromatic heterocycles. The molecule has 4 nitrogen and oxygen atoms in total. The van der Waals surface area contributed by atoms with Gasteiger partial charge in [-0.1, -0.05) is 18.2 Å². The largest absolute Gasteiger partial charge is 0.493 e. The van der Waals surface area contributed by atoms with Crippen molar-refractivity contribution in [2.45, 2.75) is 39.3 Å². The van der Waals surface area contributed by atoms with Crippen LogP contribution in [0.5, 0.6) is 11.5 Å². The summed E-state index contributed by atoms with van der Waals surface area (Å²) in [5, 5.41) is 3.67. The molecule has 0 saturated carbocycles. The highest BCUT2D eigenvalue weighted by molar-refractivity contribution is 5.42. The second-order valence-corrected chi connectivity index (χ2v) is 6.31. The van der Waals surface area contributed by atoms with Gasteiger partial charge in [-0.25, -0.2) is 0 Å². The van der Waals surface area contributed by atoms with Gasteiger partial charge in [0.15, 0.2) is 11.5 Å². The second-order valence-electron chi connectivity index (χ2n) is 6.31. The van der Waals surface area contributed by atoms with Crippen LogP contribution in [0, 0.1) is 0 Å². The smallest absolute Gasteiger partial charge is 0.161 e. The van der Waals surface area contributed by atoms with Gasteiger partial charge >= 0.3 is 0 Å². The molecule has 1 aromatic carbocycles. The molecule has 1 N–H and O–H groups in total. The van der Waals surface area contributed by atoms with Crippen LogP contribution in [0.25, 0.3) is 0 Å². The average Bonchev–Trinajstić information content (AvgIpc) is 2.54. The van der Waals surface area contributed by atoms with Crippen molar-refractivity contribution in [3.63, 3.8) is 0 Å². The van der Waals surface area contributed by atoms with Crippen LogP contribution in [0.3, 0.4) is 0 Å². The number of benzene rings is 1. The number of nitrogens with zero attached hydrogens (tertiary/aromatic N) is 1. The lowest BCUT2D eigenvalue weighted by Crippen LogP contribution is -2.42. The topological polar surface area (TPSA) is 33.7 Å². The molecular weight excluding hydrogens is 288 g/mol. The van der Waals surface area contributed by atoms with Gasteiger partial charge in [0.1, 0.15) is 0 Å². The Kier molecular flexibility index (Phi) is 6.93. The summed E-state index contributed by atoms with van der Waals surface area (Å²) in [6, 6.07) is 6.75. The zero-order chi connectivity index (χ0) is 16.7. The van der Waals surface area contributed by atoms with E-state index in [9.17, 15) is 0 Å². The monoisotopic (exact) mass is 318 g/mol. The molecule has 0 aliphatic carbocycles. The third kappa shape index (κ3) is 5.56. The predicted octanol–water partition coefficient (Wildman–Crippen LogP) is 3.22. The van der Waals surface area contributed by atoms with Crippen LogP contribution in [0.2, 0.25) is 0 Å². The van der Waals surface area contributed by atoms with Crippen molar-refractivity contribution in [1.82, 2.24) is 10.2 Å². The van der Waals surface area contributed by atoms with E-state index in [0.29, 0.717) is 12.6 Å². The number of nitrogens with one attached hydrogen (secondary N) is 1. The van der Waals surface area contributed by atoms with E-state index in [1.807, 2.05) is 13.0 Å². The van der Waals surface area contributed by atoms with Crippen molar-refractivity contribution in [1.29, 1.82) is 0 Å². The Labute approximate surface area is 140 Å². The summed E-state index contributed by atoms with van der Waals surface area (Å²) in [5.74, 6) is 1.62. The number of likely N-dealkylation sites (tertiary alicyclic amines) is 1. The van der Waals surface area contributed by atoms with Gasteiger partial charge in [-0.15, -0.1) is 0 Å². The molecule has 2 rings (SSSR count). The first-order valence-electron chi connectivity index (χ1n) is 8.52. The second kappa shape index (κ2) is 8.94. The lowest BCUT2D eigenvalue weighted by molar-refractivity contribution is 0.211. The molecule has 0 atom stereocenters.